The van der Waals surface area contributed by atoms with Crippen molar-refractivity contribution >= 4 is 0 Å². The zero-order chi connectivity index (χ0) is 15.1. The van der Waals surface area contributed by atoms with Crippen molar-refractivity contribution in [3.05, 3.63) is 41.7 Å². The zero-order valence-corrected chi connectivity index (χ0v) is 9.50. The van der Waals surface area contributed by atoms with Crippen LogP contribution in [-0.4, -0.2) is 14.9 Å². The van der Waals surface area contributed by atoms with Gasteiger partial charge in [-0.25, -0.2) is 4.68 Å². The summed E-state index contributed by atoms with van der Waals surface area (Å²) in [5.74, 6) is -1.10. The fraction of sp³-hybridized carbons (Fsp3) is 0.182. The van der Waals surface area contributed by atoms with Crippen molar-refractivity contribution in [1.82, 2.24) is 9.78 Å². The molecule has 0 unspecified atom stereocenters. The maximum absolute atomic E-state index is 12.4. The molecule has 0 amide bonds. The quantitative estimate of drug-likeness (QED) is 0.816. The maximum atomic E-state index is 12.4. The molecule has 108 valence electrons. The van der Waals surface area contributed by atoms with Crippen LogP contribution in [-0.2, 0) is 12.4 Å². The molecule has 0 bridgehead atoms. The van der Waals surface area contributed by atoms with Gasteiger partial charge in [0.25, 0.3) is 0 Å². The third-order valence-corrected chi connectivity index (χ3v) is 2.42. The van der Waals surface area contributed by atoms with Gasteiger partial charge in [-0.05, 0) is 24.3 Å². The van der Waals surface area contributed by atoms with Gasteiger partial charge in [0.15, 0.2) is 5.75 Å². The van der Waals surface area contributed by atoms with Crippen LogP contribution in [0, 0.1) is 0 Å². The van der Waals surface area contributed by atoms with Crippen LogP contribution in [0.25, 0.3) is 5.69 Å². The first-order valence-electron chi connectivity index (χ1n) is 5.12. The molecule has 3 nitrogen and oxygen atoms in total. The maximum Gasteiger partial charge on any atom is 0.438 e. The van der Waals surface area contributed by atoms with Crippen molar-refractivity contribution in [3.63, 3.8) is 0 Å². The smallest absolute Gasteiger partial charge is 0.438 e. The van der Waals surface area contributed by atoms with E-state index in [4.69, 9.17) is 5.11 Å². The number of alkyl halides is 6. The van der Waals surface area contributed by atoms with Crippen molar-refractivity contribution in [2.45, 2.75) is 12.4 Å². The molecule has 2 rings (SSSR count). The van der Waals surface area contributed by atoms with Gasteiger partial charge >= 0.3 is 12.4 Å². The van der Waals surface area contributed by atoms with E-state index in [0.717, 1.165) is 12.1 Å². The first-order chi connectivity index (χ1) is 9.09. The summed E-state index contributed by atoms with van der Waals surface area (Å²) in [6.45, 7) is 0. The Balaban J connectivity index is 2.38. The largest absolute Gasteiger partial charge is 0.504 e. The Hall–Kier alpha value is -2.19. The minimum atomic E-state index is -4.85. The summed E-state index contributed by atoms with van der Waals surface area (Å²) < 4.78 is 74.9. The molecule has 0 aliphatic heterocycles. The molecule has 0 aliphatic carbocycles. The average molecular weight is 296 g/mol. The van der Waals surface area contributed by atoms with Crippen molar-refractivity contribution in [1.29, 1.82) is 0 Å². The van der Waals surface area contributed by atoms with Gasteiger partial charge in [-0.2, -0.15) is 31.4 Å². The monoisotopic (exact) mass is 296 g/mol. The molecule has 0 saturated heterocycles. The second kappa shape index (κ2) is 4.43. The predicted molar refractivity (Wildman–Crippen MR) is 55.2 cm³/mol. The van der Waals surface area contributed by atoms with Crippen LogP contribution in [0.2, 0.25) is 0 Å². The molecule has 0 atom stereocenters. The number of rotatable bonds is 1. The van der Waals surface area contributed by atoms with Gasteiger partial charge < -0.3 is 5.11 Å². The topological polar surface area (TPSA) is 38.0 Å². The summed E-state index contributed by atoms with van der Waals surface area (Å²) in [4.78, 5) is 0. The predicted octanol–water partition coefficient (Wildman–Crippen LogP) is 3.62. The zero-order valence-electron chi connectivity index (χ0n) is 9.50. The molecule has 0 spiro atoms. The van der Waals surface area contributed by atoms with Crippen molar-refractivity contribution < 1.29 is 31.4 Å². The molecular formula is C11H6F6N2O. The fourth-order valence-electron chi connectivity index (χ4n) is 1.50. The van der Waals surface area contributed by atoms with E-state index in [9.17, 15) is 26.3 Å². The number of aromatic hydroxyl groups is 1. The van der Waals surface area contributed by atoms with E-state index in [-0.39, 0.29) is 5.69 Å². The highest BCUT2D eigenvalue weighted by Crippen LogP contribution is 2.35. The minimum absolute atomic E-state index is 0.0381. The van der Waals surface area contributed by atoms with E-state index in [1.807, 2.05) is 0 Å². The fourth-order valence-corrected chi connectivity index (χ4v) is 1.50. The lowest BCUT2D eigenvalue weighted by Crippen LogP contribution is -2.08. The molecule has 0 radical (unpaired) electrons. The lowest BCUT2D eigenvalue weighted by Gasteiger charge is -2.07. The second-order valence-electron chi connectivity index (χ2n) is 3.85. The molecular weight excluding hydrogens is 290 g/mol. The molecule has 20 heavy (non-hydrogen) atoms. The van der Waals surface area contributed by atoms with Crippen LogP contribution >= 0.6 is 0 Å². The van der Waals surface area contributed by atoms with Crippen LogP contribution in [0.5, 0.6) is 5.75 Å². The molecule has 0 aliphatic rings. The number of aromatic nitrogens is 2. The second-order valence-corrected chi connectivity index (χ2v) is 3.85. The SMILES string of the molecule is Oc1cn(-c2ccc(C(F)(F)F)cc2)nc1C(F)(F)F. The third kappa shape index (κ3) is 2.70. The van der Waals surface area contributed by atoms with Crippen LogP contribution in [0.4, 0.5) is 26.3 Å². The minimum Gasteiger partial charge on any atom is -0.504 e. The summed E-state index contributed by atoms with van der Waals surface area (Å²) in [5, 5.41) is 12.2. The highest BCUT2D eigenvalue weighted by Gasteiger charge is 2.38. The van der Waals surface area contributed by atoms with Crippen LogP contribution in [0.1, 0.15) is 11.3 Å². The van der Waals surface area contributed by atoms with Gasteiger partial charge in [0.05, 0.1) is 17.4 Å². The van der Waals surface area contributed by atoms with E-state index in [0.29, 0.717) is 23.0 Å². The summed E-state index contributed by atoms with van der Waals surface area (Å²) in [6, 6.07) is 3.33. The molecule has 0 fully saturated rings. The van der Waals surface area contributed by atoms with Crippen LogP contribution in [0.15, 0.2) is 30.5 Å². The van der Waals surface area contributed by atoms with E-state index >= 15 is 0 Å². The van der Waals surface area contributed by atoms with E-state index < -0.39 is 29.4 Å². The van der Waals surface area contributed by atoms with Gasteiger partial charge in [-0.3, -0.25) is 0 Å². The molecule has 2 aromatic rings. The third-order valence-electron chi connectivity index (χ3n) is 2.42. The lowest BCUT2D eigenvalue weighted by molar-refractivity contribution is -0.142. The Morgan fingerprint density at radius 2 is 1.45 bits per heavy atom. The number of nitrogens with zero attached hydrogens (tertiary/aromatic N) is 2. The van der Waals surface area contributed by atoms with Crippen LogP contribution < -0.4 is 0 Å². The van der Waals surface area contributed by atoms with Crippen molar-refractivity contribution in [2.24, 2.45) is 0 Å². The summed E-state index contributed by atoms with van der Waals surface area (Å²) in [5.41, 5.74) is -2.48. The van der Waals surface area contributed by atoms with Gasteiger partial charge in [0.2, 0.25) is 5.69 Å². The van der Waals surface area contributed by atoms with E-state index in [1.165, 1.54) is 0 Å². The Bertz CT molecular complexity index is 611. The molecule has 1 aromatic heterocycles. The van der Waals surface area contributed by atoms with Crippen molar-refractivity contribution in [2.75, 3.05) is 0 Å². The molecule has 1 heterocycles. The summed E-state index contributed by atoms with van der Waals surface area (Å²) in [6.07, 6.45) is -8.71. The first kappa shape index (κ1) is 14.2. The number of hydrogen-bond donors (Lipinski definition) is 1. The van der Waals surface area contributed by atoms with Gasteiger partial charge in [0, 0.05) is 0 Å². The Kier molecular flexibility index (Phi) is 3.15. The highest BCUT2D eigenvalue weighted by molar-refractivity contribution is 5.38. The highest BCUT2D eigenvalue weighted by atomic mass is 19.4. The molecule has 1 N–H and O–H groups in total. The van der Waals surface area contributed by atoms with Gasteiger partial charge in [-0.15, -0.1) is 0 Å². The molecule has 1 aromatic carbocycles. The summed E-state index contributed by atoms with van der Waals surface area (Å²) in [7, 11) is 0. The number of halogens is 6. The van der Waals surface area contributed by atoms with Crippen LogP contribution in [0.3, 0.4) is 0 Å². The number of benzene rings is 1. The van der Waals surface area contributed by atoms with Gasteiger partial charge in [0.1, 0.15) is 0 Å². The first-order valence-corrected chi connectivity index (χ1v) is 5.12. The summed E-state index contributed by atoms with van der Waals surface area (Å²) >= 11 is 0. The van der Waals surface area contributed by atoms with E-state index in [1.54, 1.807) is 0 Å². The molecule has 0 saturated carbocycles. The van der Waals surface area contributed by atoms with Gasteiger partial charge in [-0.1, -0.05) is 0 Å². The van der Waals surface area contributed by atoms with E-state index in [2.05, 4.69) is 5.10 Å². The Morgan fingerprint density at radius 3 is 1.85 bits per heavy atom. The lowest BCUT2D eigenvalue weighted by atomic mass is 10.2. The number of hydrogen-bond acceptors (Lipinski definition) is 2. The normalized spacial score (nSPS) is 12.7. The Morgan fingerprint density at radius 1 is 0.900 bits per heavy atom. The average Bonchev–Trinajstić information content (AvgIpc) is 2.70. The Labute approximate surface area is 108 Å². The van der Waals surface area contributed by atoms with Crippen molar-refractivity contribution in [3.8, 4) is 11.4 Å². The standard InChI is InChI=1S/C11H6F6N2O/c12-10(13,14)6-1-3-7(4-2-6)19-5-8(20)9(18-19)11(15,16)17/h1-5,20H. The molecule has 9 heteroatoms.